The lowest BCUT2D eigenvalue weighted by atomic mass is 10.0. The summed E-state index contributed by atoms with van der Waals surface area (Å²) in [6, 6.07) is 8.91. The molecule has 0 saturated heterocycles. The zero-order valence-corrected chi connectivity index (χ0v) is 12.4. The summed E-state index contributed by atoms with van der Waals surface area (Å²) in [4.78, 5) is 4.30. The Balaban J connectivity index is 2.41. The van der Waals surface area contributed by atoms with Gasteiger partial charge in [-0.2, -0.15) is 0 Å². The number of hydrogen-bond donors (Lipinski definition) is 1. The summed E-state index contributed by atoms with van der Waals surface area (Å²) in [7, 11) is 1.89. The SMILES string of the molecule is CNC(c1ccc(C)nc1)c1ccc(F)cc1I. The van der Waals surface area contributed by atoms with Crippen LogP contribution >= 0.6 is 22.6 Å². The van der Waals surface area contributed by atoms with Crippen LogP contribution in [0, 0.1) is 16.3 Å². The van der Waals surface area contributed by atoms with E-state index in [0.717, 1.165) is 20.4 Å². The quantitative estimate of drug-likeness (QED) is 0.853. The topological polar surface area (TPSA) is 24.9 Å². The average Bonchev–Trinajstić information content (AvgIpc) is 2.35. The molecule has 1 aromatic heterocycles. The molecule has 0 saturated carbocycles. The van der Waals surface area contributed by atoms with Crippen LogP contribution in [-0.2, 0) is 0 Å². The van der Waals surface area contributed by atoms with Crippen LogP contribution in [0.15, 0.2) is 36.5 Å². The summed E-state index contributed by atoms with van der Waals surface area (Å²) in [5.74, 6) is -0.208. The second-order valence-electron chi connectivity index (χ2n) is 4.12. The second kappa shape index (κ2) is 5.75. The molecule has 1 atom stereocenters. The molecule has 2 rings (SSSR count). The lowest BCUT2D eigenvalue weighted by Gasteiger charge is -2.18. The molecule has 2 aromatic rings. The van der Waals surface area contributed by atoms with Gasteiger partial charge in [0.2, 0.25) is 0 Å². The number of halogens is 2. The molecule has 0 aliphatic carbocycles. The molecular formula is C14H14FIN2. The Kier molecular flexibility index (Phi) is 4.29. The number of aryl methyl sites for hydroxylation is 1. The highest BCUT2D eigenvalue weighted by Crippen LogP contribution is 2.26. The van der Waals surface area contributed by atoms with E-state index in [1.165, 1.54) is 6.07 Å². The molecular weight excluding hydrogens is 342 g/mol. The molecule has 94 valence electrons. The zero-order valence-electron chi connectivity index (χ0n) is 10.2. The van der Waals surface area contributed by atoms with Gasteiger partial charge in [0.15, 0.2) is 0 Å². The Morgan fingerprint density at radius 1 is 1.28 bits per heavy atom. The summed E-state index contributed by atoms with van der Waals surface area (Å²) in [6.45, 7) is 1.96. The van der Waals surface area contributed by atoms with Gasteiger partial charge in [-0.1, -0.05) is 12.1 Å². The lowest BCUT2D eigenvalue weighted by molar-refractivity contribution is 0.621. The van der Waals surface area contributed by atoms with E-state index < -0.39 is 0 Å². The van der Waals surface area contributed by atoms with Gasteiger partial charge in [0.05, 0.1) is 6.04 Å². The first-order chi connectivity index (χ1) is 8.61. The van der Waals surface area contributed by atoms with Crippen molar-refractivity contribution in [2.24, 2.45) is 0 Å². The first-order valence-corrected chi connectivity index (χ1v) is 6.74. The summed E-state index contributed by atoms with van der Waals surface area (Å²) >= 11 is 2.16. The summed E-state index contributed by atoms with van der Waals surface area (Å²) in [6.07, 6.45) is 1.86. The van der Waals surface area contributed by atoms with Crippen LogP contribution in [0.2, 0.25) is 0 Å². The van der Waals surface area contributed by atoms with E-state index >= 15 is 0 Å². The summed E-state index contributed by atoms with van der Waals surface area (Å²) in [5.41, 5.74) is 3.13. The zero-order chi connectivity index (χ0) is 13.1. The molecule has 0 aliphatic rings. The van der Waals surface area contributed by atoms with Crippen molar-refractivity contribution in [3.05, 3.63) is 62.7 Å². The lowest BCUT2D eigenvalue weighted by Crippen LogP contribution is -2.19. The maximum atomic E-state index is 13.1. The van der Waals surface area contributed by atoms with Crippen molar-refractivity contribution in [1.29, 1.82) is 0 Å². The van der Waals surface area contributed by atoms with Crippen LogP contribution in [0.1, 0.15) is 22.9 Å². The predicted molar refractivity (Wildman–Crippen MR) is 79.0 cm³/mol. The minimum absolute atomic E-state index is 0.0330. The van der Waals surface area contributed by atoms with Gasteiger partial charge >= 0.3 is 0 Å². The van der Waals surface area contributed by atoms with Crippen LogP contribution < -0.4 is 5.32 Å². The van der Waals surface area contributed by atoms with Crippen molar-refractivity contribution in [3.8, 4) is 0 Å². The number of nitrogens with one attached hydrogen (secondary N) is 1. The first kappa shape index (κ1) is 13.4. The van der Waals surface area contributed by atoms with E-state index in [0.29, 0.717) is 0 Å². The van der Waals surface area contributed by atoms with Gasteiger partial charge in [-0.15, -0.1) is 0 Å². The van der Waals surface area contributed by atoms with Gasteiger partial charge in [-0.3, -0.25) is 4.98 Å². The molecule has 0 bridgehead atoms. The van der Waals surface area contributed by atoms with Crippen molar-refractivity contribution >= 4 is 22.6 Å². The maximum Gasteiger partial charge on any atom is 0.124 e. The monoisotopic (exact) mass is 356 g/mol. The molecule has 1 aromatic carbocycles. The molecule has 0 amide bonds. The average molecular weight is 356 g/mol. The van der Waals surface area contributed by atoms with Crippen molar-refractivity contribution in [1.82, 2.24) is 10.3 Å². The highest BCUT2D eigenvalue weighted by atomic mass is 127. The van der Waals surface area contributed by atoms with Gasteiger partial charge in [-0.05, 0) is 65.9 Å². The van der Waals surface area contributed by atoms with Crippen LogP contribution in [0.4, 0.5) is 4.39 Å². The fraction of sp³-hybridized carbons (Fsp3) is 0.214. The molecule has 0 spiro atoms. The number of hydrogen-bond acceptors (Lipinski definition) is 2. The van der Waals surface area contributed by atoms with E-state index in [4.69, 9.17) is 0 Å². The van der Waals surface area contributed by atoms with Crippen molar-refractivity contribution < 1.29 is 4.39 Å². The smallest absolute Gasteiger partial charge is 0.124 e. The molecule has 1 unspecified atom stereocenters. The Hall–Kier alpha value is -1.01. The van der Waals surface area contributed by atoms with Gasteiger partial charge in [0.1, 0.15) is 5.82 Å². The van der Waals surface area contributed by atoms with Crippen LogP contribution in [0.25, 0.3) is 0 Å². The fourth-order valence-electron chi connectivity index (χ4n) is 1.89. The number of aromatic nitrogens is 1. The van der Waals surface area contributed by atoms with Gasteiger partial charge in [0.25, 0.3) is 0 Å². The summed E-state index contributed by atoms with van der Waals surface area (Å²) in [5, 5.41) is 3.25. The molecule has 1 heterocycles. The number of nitrogens with zero attached hydrogens (tertiary/aromatic N) is 1. The maximum absolute atomic E-state index is 13.1. The van der Waals surface area contributed by atoms with Crippen molar-refractivity contribution in [2.45, 2.75) is 13.0 Å². The Bertz CT molecular complexity index is 540. The molecule has 18 heavy (non-hydrogen) atoms. The third kappa shape index (κ3) is 2.87. The van der Waals surface area contributed by atoms with Gasteiger partial charge < -0.3 is 5.32 Å². The van der Waals surface area contributed by atoms with E-state index in [2.05, 4.69) is 32.9 Å². The standard InChI is InChI=1S/C14H14FIN2/c1-9-3-4-10(8-18-9)14(17-2)12-6-5-11(15)7-13(12)16/h3-8,14,17H,1-2H3. The molecule has 0 aliphatic heterocycles. The molecule has 0 fully saturated rings. The highest BCUT2D eigenvalue weighted by molar-refractivity contribution is 14.1. The molecule has 0 radical (unpaired) electrons. The molecule has 1 N–H and O–H groups in total. The van der Waals surface area contributed by atoms with E-state index in [9.17, 15) is 4.39 Å². The number of rotatable bonds is 3. The second-order valence-corrected chi connectivity index (χ2v) is 5.28. The Morgan fingerprint density at radius 3 is 2.61 bits per heavy atom. The summed E-state index contributed by atoms with van der Waals surface area (Å²) < 4.78 is 14.0. The van der Waals surface area contributed by atoms with E-state index in [-0.39, 0.29) is 11.9 Å². The molecule has 4 heteroatoms. The fourth-order valence-corrected chi connectivity index (χ4v) is 2.68. The minimum atomic E-state index is -0.208. The van der Waals surface area contributed by atoms with Gasteiger partial charge in [0, 0.05) is 15.5 Å². The van der Waals surface area contributed by atoms with E-state index in [1.54, 1.807) is 6.07 Å². The predicted octanol–water partition coefficient (Wildman–Crippen LogP) is 3.44. The normalized spacial score (nSPS) is 12.4. The number of pyridine rings is 1. The number of benzene rings is 1. The largest absolute Gasteiger partial charge is 0.309 e. The van der Waals surface area contributed by atoms with Crippen LogP contribution in [0.3, 0.4) is 0 Å². The van der Waals surface area contributed by atoms with Gasteiger partial charge in [-0.25, -0.2) is 4.39 Å². The molecule has 2 nitrogen and oxygen atoms in total. The minimum Gasteiger partial charge on any atom is -0.309 e. The Morgan fingerprint density at radius 2 is 2.06 bits per heavy atom. The van der Waals surface area contributed by atoms with Crippen molar-refractivity contribution in [2.75, 3.05) is 7.05 Å². The van der Waals surface area contributed by atoms with Crippen LogP contribution in [-0.4, -0.2) is 12.0 Å². The third-order valence-electron chi connectivity index (χ3n) is 2.83. The van der Waals surface area contributed by atoms with E-state index in [1.807, 2.05) is 38.4 Å². The third-order valence-corrected chi connectivity index (χ3v) is 3.76. The Labute approximate surface area is 120 Å². The van der Waals surface area contributed by atoms with Crippen LogP contribution in [0.5, 0.6) is 0 Å². The first-order valence-electron chi connectivity index (χ1n) is 5.66. The van der Waals surface area contributed by atoms with Crippen molar-refractivity contribution in [3.63, 3.8) is 0 Å². The highest BCUT2D eigenvalue weighted by Gasteiger charge is 2.15.